The van der Waals surface area contributed by atoms with Gasteiger partial charge in [0.25, 0.3) is 0 Å². The molecule has 14 heavy (non-hydrogen) atoms. The zero-order valence-electron chi connectivity index (χ0n) is 8.58. The highest BCUT2D eigenvalue weighted by molar-refractivity contribution is 5.68. The van der Waals surface area contributed by atoms with E-state index >= 15 is 0 Å². The Balaban J connectivity index is 5.05. The Morgan fingerprint density at radius 2 is 1.36 bits per heavy atom. The number of aliphatic carboxylic acids is 1. The molecule has 3 atom stereocenters. The number of carbonyl (C=O) groups is 1. The Labute approximate surface area is 82.6 Å². The Hall–Kier alpha value is -0.690. The maximum absolute atomic E-state index is 10.6. The molecule has 0 amide bonds. The fourth-order valence-corrected chi connectivity index (χ4v) is 1.57. The van der Waals surface area contributed by atoms with Crippen LogP contribution < -0.4 is 0 Å². The van der Waals surface area contributed by atoms with Crippen LogP contribution in [0, 0.1) is 0 Å². The molecule has 0 radical (unpaired) electrons. The predicted molar refractivity (Wildman–Crippen MR) is 47.8 cm³/mol. The van der Waals surface area contributed by atoms with Crippen molar-refractivity contribution in [2.24, 2.45) is 0 Å². The summed E-state index contributed by atoms with van der Waals surface area (Å²) in [5.41, 5.74) is 0. The van der Waals surface area contributed by atoms with E-state index in [-0.39, 0.29) is 0 Å². The predicted octanol–water partition coefficient (Wildman–Crippen LogP) is -1.10. The lowest BCUT2D eigenvalue weighted by atomic mass is 10.2. The van der Waals surface area contributed by atoms with Crippen LogP contribution in [-0.4, -0.2) is 56.1 Å². The topological polar surface area (TPSA) is 98.0 Å². The van der Waals surface area contributed by atoms with Crippen molar-refractivity contribution < 1.29 is 29.7 Å². The van der Waals surface area contributed by atoms with E-state index in [1.54, 1.807) is 0 Å². The second kappa shape index (κ2) is 4.70. The molecule has 0 aliphatic rings. The molecule has 6 nitrogen and oxygen atoms in total. The van der Waals surface area contributed by atoms with Crippen molar-refractivity contribution in [1.29, 1.82) is 0 Å². The Morgan fingerprint density at radius 3 is 1.43 bits per heavy atom. The van der Waals surface area contributed by atoms with Gasteiger partial charge in [-0.3, -0.25) is 0 Å². The number of aliphatic hydroxyl groups excluding tert-OH is 3. The molecule has 4 N–H and O–H groups in total. The maximum atomic E-state index is 10.6. The molecule has 0 bridgehead atoms. The van der Waals surface area contributed by atoms with Crippen molar-refractivity contribution in [3.8, 4) is 0 Å². The largest absolute Gasteiger partial charge is 0.477 e. The van der Waals surface area contributed by atoms with Gasteiger partial charge in [0.1, 0.15) is 0 Å². The highest BCUT2D eigenvalue weighted by atomic mass is 16.4. The minimum absolute atomic E-state index is 0.535. The SMILES string of the molecule is CC(O)[N+](CC(=O)O)(C(C)O)C(C)O. The van der Waals surface area contributed by atoms with Gasteiger partial charge in [-0.25, -0.2) is 9.28 Å². The third kappa shape index (κ3) is 2.42. The Bertz CT molecular complexity index is 180. The number of hydrogen-bond donors (Lipinski definition) is 4. The van der Waals surface area contributed by atoms with E-state index in [1.165, 1.54) is 20.8 Å². The van der Waals surface area contributed by atoms with E-state index in [9.17, 15) is 20.1 Å². The Kier molecular flexibility index (Phi) is 4.47. The molecule has 0 saturated heterocycles. The number of hydrogen-bond acceptors (Lipinski definition) is 4. The summed E-state index contributed by atoms with van der Waals surface area (Å²) >= 11 is 0. The third-order valence-corrected chi connectivity index (χ3v) is 2.50. The van der Waals surface area contributed by atoms with Crippen LogP contribution in [0.5, 0.6) is 0 Å². The summed E-state index contributed by atoms with van der Waals surface area (Å²) < 4.78 is -0.685. The number of rotatable bonds is 5. The summed E-state index contributed by atoms with van der Waals surface area (Å²) in [6.45, 7) is 3.47. The van der Waals surface area contributed by atoms with Crippen LogP contribution in [0.4, 0.5) is 0 Å². The van der Waals surface area contributed by atoms with Crippen LogP contribution >= 0.6 is 0 Å². The fourth-order valence-electron chi connectivity index (χ4n) is 1.57. The van der Waals surface area contributed by atoms with Gasteiger partial charge < -0.3 is 20.4 Å². The smallest absolute Gasteiger partial charge is 0.359 e. The van der Waals surface area contributed by atoms with Crippen molar-refractivity contribution in [3.05, 3.63) is 0 Å². The van der Waals surface area contributed by atoms with Crippen molar-refractivity contribution >= 4 is 5.97 Å². The summed E-state index contributed by atoms with van der Waals surface area (Å²) in [6, 6.07) is 0. The molecule has 0 aromatic rings. The van der Waals surface area contributed by atoms with E-state index in [0.29, 0.717) is 0 Å². The van der Waals surface area contributed by atoms with E-state index in [1.807, 2.05) is 0 Å². The van der Waals surface area contributed by atoms with Gasteiger partial charge in [-0.05, 0) is 0 Å². The molecule has 0 heterocycles. The maximum Gasteiger partial charge on any atom is 0.359 e. The van der Waals surface area contributed by atoms with Gasteiger partial charge in [0.2, 0.25) is 0 Å². The van der Waals surface area contributed by atoms with Crippen molar-refractivity contribution in [2.45, 2.75) is 39.5 Å². The van der Waals surface area contributed by atoms with Crippen LogP contribution in [-0.2, 0) is 4.79 Å². The van der Waals surface area contributed by atoms with Crippen molar-refractivity contribution in [1.82, 2.24) is 0 Å². The van der Waals surface area contributed by atoms with E-state index < -0.39 is 35.7 Å². The summed E-state index contributed by atoms with van der Waals surface area (Å²) in [4.78, 5) is 10.6. The number of nitrogens with zero attached hydrogens (tertiary/aromatic N) is 1. The monoisotopic (exact) mass is 208 g/mol. The standard InChI is InChI=1S/C8H17NO5/c1-5(10)9(6(2)11,7(3)12)4-8(13)14/h5-7,10-12H,4H2,1-3H3/p+1. The number of aliphatic hydroxyl groups is 3. The summed E-state index contributed by atoms with van der Waals surface area (Å²) in [6.07, 6.45) is -3.48. The molecule has 0 rings (SSSR count). The summed E-state index contributed by atoms with van der Waals surface area (Å²) in [5.74, 6) is -1.19. The van der Waals surface area contributed by atoms with Crippen LogP contribution in [0.1, 0.15) is 20.8 Å². The zero-order valence-corrected chi connectivity index (χ0v) is 8.58. The molecule has 0 spiro atoms. The first-order chi connectivity index (χ1) is 6.25. The normalized spacial score (nSPS) is 22.1. The van der Waals surface area contributed by atoms with Crippen LogP contribution in [0.25, 0.3) is 0 Å². The second-order valence-electron chi connectivity index (χ2n) is 3.44. The van der Waals surface area contributed by atoms with Gasteiger partial charge >= 0.3 is 5.97 Å². The minimum Gasteiger partial charge on any atom is -0.477 e. The second-order valence-corrected chi connectivity index (χ2v) is 3.44. The first-order valence-corrected chi connectivity index (χ1v) is 4.38. The number of quaternary nitrogens is 1. The van der Waals surface area contributed by atoms with Crippen molar-refractivity contribution in [3.63, 3.8) is 0 Å². The van der Waals surface area contributed by atoms with Crippen molar-refractivity contribution in [2.75, 3.05) is 6.54 Å². The highest BCUT2D eigenvalue weighted by Gasteiger charge is 2.44. The molecule has 0 fully saturated rings. The molecule has 0 aliphatic heterocycles. The van der Waals surface area contributed by atoms with Gasteiger partial charge in [-0.2, -0.15) is 0 Å². The fraction of sp³-hybridized carbons (Fsp3) is 0.875. The van der Waals surface area contributed by atoms with Gasteiger partial charge in [0, 0.05) is 20.8 Å². The molecular formula is C8H18NO5+. The first-order valence-electron chi connectivity index (χ1n) is 4.38. The lowest BCUT2D eigenvalue weighted by Gasteiger charge is -2.43. The highest BCUT2D eigenvalue weighted by Crippen LogP contribution is 2.20. The van der Waals surface area contributed by atoms with E-state index in [0.717, 1.165) is 0 Å². The number of carboxylic acids is 1. The van der Waals surface area contributed by atoms with Gasteiger partial charge in [0.15, 0.2) is 25.2 Å². The van der Waals surface area contributed by atoms with Gasteiger partial charge in [0.05, 0.1) is 0 Å². The average Bonchev–Trinajstić information content (AvgIpc) is 1.97. The summed E-state index contributed by atoms with van der Waals surface area (Å²) in [5, 5.41) is 37.0. The van der Waals surface area contributed by atoms with Crippen LogP contribution in [0.3, 0.4) is 0 Å². The number of carboxylic acid groups (broad SMARTS) is 1. The molecule has 0 aliphatic carbocycles. The Morgan fingerprint density at radius 1 is 1.07 bits per heavy atom. The minimum atomic E-state index is -1.19. The zero-order chi connectivity index (χ0) is 11.5. The van der Waals surface area contributed by atoms with E-state index in [2.05, 4.69) is 0 Å². The molecule has 0 aromatic carbocycles. The molecule has 84 valence electrons. The third-order valence-electron chi connectivity index (χ3n) is 2.50. The molecule has 6 heteroatoms. The quantitative estimate of drug-likeness (QED) is 0.340. The lowest BCUT2D eigenvalue weighted by molar-refractivity contribution is -1.03. The lowest BCUT2D eigenvalue weighted by Crippen LogP contribution is -2.66. The molecule has 0 saturated carbocycles. The van der Waals surface area contributed by atoms with E-state index in [4.69, 9.17) is 5.11 Å². The molecular weight excluding hydrogens is 190 g/mol. The average molecular weight is 208 g/mol. The van der Waals surface area contributed by atoms with Crippen LogP contribution in [0.2, 0.25) is 0 Å². The van der Waals surface area contributed by atoms with Gasteiger partial charge in [-0.15, -0.1) is 0 Å². The van der Waals surface area contributed by atoms with Gasteiger partial charge in [-0.1, -0.05) is 0 Å². The summed E-state index contributed by atoms with van der Waals surface area (Å²) in [7, 11) is 0. The molecule has 0 aromatic heterocycles. The molecule has 3 unspecified atom stereocenters. The first kappa shape index (κ1) is 13.3. The van der Waals surface area contributed by atoms with Crippen LogP contribution in [0.15, 0.2) is 0 Å².